The normalized spacial score (nSPS) is 14.5. The topological polar surface area (TPSA) is 219 Å². The Balaban J connectivity index is 2.09. The molecule has 268 valence electrons. The Bertz CT molecular complexity index is 2300. The van der Waals surface area contributed by atoms with Gasteiger partial charge in [-0.25, -0.2) is 0 Å². The highest BCUT2D eigenvalue weighted by atomic mass is 79.9. The minimum atomic E-state index is -1.29. The Labute approximate surface area is 319 Å². The molecule has 0 aliphatic carbocycles. The van der Waals surface area contributed by atoms with Crippen molar-refractivity contribution in [3.05, 3.63) is 88.7 Å². The first-order valence-electron chi connectivity index (χ1n) is 15.6. The molecule has 0 spiro atoms. The van der Waals surface area contributed by atoms with E-state index in [0.29, 0.717) is 89.9 Å². The lowest BCUT2D eigenvalue weighted by molar-refractivity contribution is -0.138. The van der Waals surface area contributed by atoms with Crippen LogP contribution in [-0.4, -0.2) is 75.7 Å². The van der Waals surface area contributed by atoms with E-state index < -0.39 is 37.4 Å². The maximum absolute atomic E-state index is 11.8. The average molecular weight is 948 g/mol. The summed E-state index contributed by atoms with van der Waals surface area (Å²) in [4.78, 5) is 37.3. The van der Waals surface area contributed by atoms with Gasteiger partial charge in [-0.15, -0.1) is 0 Å². The van der Waals surface area contributed by atoms with E-state index in [1.54, 1.807) is 6.92 Å². The third-order valence-electron chi connectivity index (χ3n) is 9.30. The van der Waals surface area contributed by atoms with E-state index in [1.165, 1.54) is 0 Å². The molecule has 0 fully saturated rings. The fraction of sp³-hybridized carbons (Fsp3) is 0.353. The number of carbonyl (C=O) groups is 2. The maximum Gasteiger partial charge on any atom is 0.303 e. The number of fused-ring (bicyclic) bond motifs is 8. The molecule has 0 saturated carbocycles. The van der Waals surface area contributed by atoms with Crippen molar-refractivity contribution in [2.75, 3.05) is 13.2 Å². The van der Waals surface area contributed by atoms with E-state index in [1.807, 2.05) is 20.8 Å². The lowest BCUT2D eigenvalue weighted by atomic mass is 10.0. The number of carboxylic acid groups (broad SMARTS) is 2. The molecule has 8 bridgehead atoms. The summed E-state index contributed by atoms with van der Waals surface area (Å²) in [6.45, 7) is 6.20. The van der Waals surface area contributed by atoms with Gasteiger partial charge in [0.2, 0.25) is 0 Å². The van der Waals surface area contributed by atoms with Gasteiger partial charge in [0, 0.05) is 24.0 Å². The average Bonchev–Trinajstić information content (AvgIpc) is 3.80. The van der Waals surface area contributed by atoms with Crippen LogP contribution in [0.2, 0.25) is 0 Å². The molecule has 50 heavy (non-hydrogen) atoms. The number of nitrogens with one attached hydrogen (secondary N) is 4. The predicted molar refractivity (Wildman–Crippen MR) is 202 cm³/mol. The number of H-pyrrole nitrogens is 4. The Morgan fingerprint density at radius 3 is 1.56 bits per heavy atom. The Morgan fingerprint density at radius 2 is 0.980 bits per heavy atom. The van der Waals surface area contributed by atoms with Crippen LogP contribution >= 0.6 is 63.7 Å². The van der Waals surface area contributed by atoms with Crippen molar-refractivity contribution in [3.8, 4) is 0 Å². The molecule has 2 unspecified atom stereocenters. The van der Waals surface area contributed by atoms with Gasteiger partial charge in [0.15, 0.2) is 0 Å². The number of aromatic amines is 4. The summed E-state index contributed by atoms with van der Waals surface area (Å²) in [6, 6.07) is 0. The van der Waals surface area contributed by atoms with Crippen LogP contribution in [0.25, 0.3) is 17.9 Å². The Hall–Kier alpha value is -2.70. The standard InChI is InChI=1S/C34H36Br4N4O8/c1-11-15(5-7-19(47)48)31-26(38)32-16(6-8-20(49)50)12(2)28(40-32)24(36)33-22(18(46)10-44)14(4)30(42-33)25(37)34-21(17(45)9-43)13(3)29(41-34)23(35)27(11)39-31/h17-18,39-46H,5-10H2,1-4H3,(H,47,48)(H,49,50). The highest BCUT2D eigenvalue weighted by Gasteiger charge is 2.28. The number of carboxylic acids is 2. The second-order valence-electron chi connectivity index (χ2n) is 12.2. The number of aliphatic hydroxyl groups is 4. The number of aliphatic carboxylic acids is 2. The minimum absolute atomic E-state index is 0.145. The van der Waals surface area contributed by atoms with Crippen molar-refractivity contribution in [1.29, 1.82) is 0 Å². The molecule has 12 nitrogen and oxygen atoms in total. The van der Waals surface area contributed by atoms with Crippen LogP contribution in [0.3, 0.4) is 0 Å². The van der Waals surface area contributed by atoms with E-state index in [4.69, 9.17) is 0 Å². The number of halogens is 4. The summed E-state index contributed by atoms with van der Waals surface area (Å²) in [6.07, 6.45) is -2.49. The van der Waals surface area contributed by atoms with Gasteiger partial charge in [0.25, 0.3) is 0 Å². The zero-order valence-electron chi connectivity index (χ0n) is 27.4. The smallest absolute Gasteiger partial charge is 0.303 e. The minimum Gasteiger partial charge on any atom is -0.481 e. The number of aromatic nitrogens is 4. The predicted octanol–water partition coefficient (Wildman–Crippen LogP) is 2.84. The number of aliphatic hydroxyl groups excluding tert-OH is 4. The van der Waals surface area contributed by atoms with E-state index in [-0.39, 0.29) is 25.7 Å². The van der Waals surface area contributed by atoms with Crippen LogP contribution in [-0.2, 0) is 22.4 Å². The molecule has 2 atom stereocenters. The second kappa shape index (κ2) is 15.1. The fourth-order valence-electron chi connectivity index (χ4n) is 6.69. The first-order chi connectivity index (χ1) is 23.5. The molecule has 0 amide bonds. The summed E-state index contributed by atoms with van der Waals surface area (Å²) in [5.74, 6) is -1.94. The van der Waals surface area contributed by atoms with Gasteiger partial charge in [-0.3, -0.25) is 9.59 Å². The molecule has 1 aliphatic rings. The SMILES string of the molecule is Cc1c2[nH]c(c1CCC(=O)O)C(Br)=c1[nH]c(c(C)c1CCC(=O)O)=C(Br)c1[nH]c(c(C)c1C(O)CO)C(Br)=c1[nH]c(c(C)c1C(O)CO)=C2Br. The van der Waals surface area contributed by atoms with E-state index in [0.717, 1.165) is 16.7 Å². The molecule has 16 heteroatoms. The third kappa shape index (κ3) is 6.69. The monoisotopic (exact) mass is 944 g/mol. The zero-order valence-corrected chi connectivity index (χ0v) is 33.8. The summed E-state index contributed by atoms with van der Waals surface area (Å²) in [5.41, 5.74) is 7.20. The Kier molecular flexibility index (Phi) is 11.6. The Morgan fingerprint density at radius 1 is 0.540 bits per heavy atom. The third-order valence-corrected chi connectivity index (χ3v) is 12.5. The molecule has 5 rings (SSSR count). The lowest BCUT2D eigenvalue weighted by Gasteiger charge is -2.10. The van der Waals surface area contributed by atoms with Crippen LogP contribution in [0.4, 0.5) is 0 Å². The quantitative estimate of drug-likeness (QED) is 0.114. The largest absolute Gasteiger partial charge is 0.481 e. The van der Waals surface area contributed by atoms with Gasteiger partial charge >= 0.3 is 11.9 Å². The van der Waals surface area contributed by atoms with Crippen LogP contribution in [0.15, 0.2) is 0 Å². The second-order valence-corrected chi connectivity index (χ2v) is 15.4. The van der Waals surface area contributed by atoms with Crippen molar-refractivity contribution in [2.45, 2.75) is 65.6 Å². The molecule has 4 aromatic rings. The van der Waals surface area contributed by atoms with Crippen LogP contribution < -0.4 is 21.4 Å². The van der Waals surface area contributed by atoms with E-state index in [9.17, 15) is 40.2 Å². The van der Waals surface area contributed by atoms with Gasteiger partial charge < -0.3 is 50.6 Å². The fourth-order valence-corrected chi connectivity index (χ4v) is 9.57. The highest BCUT2D eigenvalue weighted by Crippen LogP contribution is 2.37. The number of hydrogen-bond acceptors (Lipinski definition) is 6. The molecule has 5 heterocycles. The zero-order chi connectivity index (χ0) is 36.9. The molecule has 0 radical (unpaired) electrons. The van der Waals surface area contributed by atoms with Crippen molar-refractivity contribution >= 4 is 93.6 Å². The molecule has 10 N–H and O–H groups in total. The van der Waals surface area contributed by atoms with E-state index >= 15 is 0 Å². The van der Waals surface area contributed by atoms with Crippen molar-refractivity contribution in [2.24, 2.45) is 0 Å². The molecule has 0 saturated heterocycles. The molecule has 0 aromatic carbocycles. The highest BCUT2D eigenvalue weighted by molar-refractivity contribution is 9.15. The molecular formula is C34H36Br4N4O8. The van der Waals surface area contributed by atoms with Gasteiger partial charge in [0.1, 0.15) is 12.2 Å². The molecular weight excluding hydrogens is 912 g/mol. The first kappa shape index (κ1) is 38.5. The van der Waals surface area contributed by atoms with Gasteiger partial charge in [-0.05, 0) is 138 Å². The number of rotatable bonds is 10. The van der Waals surface area contributed by atoms with Crippen molar-refractivity contribution < 1.29 is 40.2 Å². The summed E-state index contributed by atoms with van der Waals surface area (Å²) in [5, 5.41) is 63.9. The number of hydrogen-bond donors (Lipinski definition) is 10. The van der Waals surface area contributed by atoms with Gasteiger partial charge in [0.05, 0.1) is 75.3 Å². The van der Waals surface area contributed by atoms with Crippen molar-refractivity contribution in [1.82, 2.24) is 19.9 Å². The first-order valence-corrected chi connectivity index (χ1v) is 18.7. The maximum atomic E-state index is 11.8. The molecule has 1 aliphatic heterocycles. The van der Waals surface area contributed by atoms with Crippen LogP contribution in [0.5, 0.6) is 0 Å². The van der Waals surface area contributed by atoms with Crippen molar-refractivity contribution in [3.63, 3.8) is 0 Å². The van der Waals surface area contributed by atoms with E-state index in [2.05, 4.69) is 83.7 Å². The summed E-state index contributed by atoms with van der Waals surface area (Å²) in [7, 11) is 0. The van der Waals surface area contributed by atoms with Gasteiger partial charge in [-0.1, -0.05) is 0 Å². The summed E-state index contributed by atoms with van der Waals surface area (Å²) >= 11 is 15.1. The summed E-state index contributed by atoms with van der Waals surface area (Å²) < 4.78 is 2.09. The lowest BCUT2D eigenvalue weighted by Crippen LogP contribution is -2.19. The van der Waals surface area contributed by atoms with Crippen LogP contribution in [0, 0.1) is 27.7 Å². The molecule has 4 aromatic heterocycles. The van der Waals surface area contributed by atoms with Gasteiger partial charge in [-0.2, -0.15) is 0 Å². The van der Waals surface area contributed by atoms with Crippen LogP contribution in [0.1, 0.15) is 92.3 Å².